The van der Waals surface area contributed by atoms with Crippen LogP contribution in [0.15, 0.2) is 61.2 Å². The van der Waals surface area contributed by atoms with Gasteiger partial charge < -0.3 is 14.3 Å². The van der Waals surface area contributed by atoms with Crippen molar-refractivity contribution >= 4 is 11.0 Å². The predicted octanol–water partition coefficient (Wildman–Crippen LogP) is 3.74. The molecule has 0 aliphatic heterocycles. The average molecular weight is 308 g/mol. The van der Waals surface area contributed by atoms with Gasteiger partial charge in [0.15, 0.2) is 11.6 Å². The molecule has 0 radical (unpaired) electrons. The molecule has 4 rings (SSSR count). The quantitative estimate of drug-likeness (QED) is 0.625. The van der Waals surface area contributed by atoms with Crippen molar-refractivity contribution in [2.45, 2.75) is 6.54 Å². The van der Waals surface area contributed by atoms with Gasteiger partial charge in [-0.2, -0.15) is 0 Å². The second-order valence-electron chi connectivity index (χ2n) is 5.13. The zero-order valence-corrected chi connectivity index (χ0v) is 12.1. The van der Waals surface area contributed by atoms with Crippen LogP contribution in [0.5, 0.6) is 11.5 Å². The predicted molar refractivity (Wildman–Crippen MR) is 83.9 cm³/mol. The highest BCUT2D eigenvalue weighted by Crippen LogP contribution is 2.28. The molecule has 6 heteroatoms. The smallest absolute Gasteiger partial charge is 0.167 e. The summed E-state index contributed by atoms with van der Waals surface area (Å²) in [6.07, 6.45) is 5.25. The number of para-hydroxylation sites is 1. The zero-order valence-electron chi connectivity index (χ0n) is 12.1. The van der Waals surface area contributed by atoms with Crippen molar-refractivity contribution in [1.29, 1.82) is 0 Å². The molecule has 0 atom stereocenters. The summed E-state index contributed by atoms with van der Waals surface area (Å²) in [5.74, 6) is 1.04. The molecule has 0 aliphatic rings. The van der Waals surface area contributed by atoms with Crippen molar-refractivity contribution in [2.75, 3.05) is 0 Å². The number of ether oxygens (including phenoxy) is 1. The van der Waals surface area contributed by atoms with Crippen LogP contribution in [0.1, 0.15) is 5.82 Å². The lowest BCUT2D eigenvalue weighted by Crippen LogP contribution is -1.97. The summed E-state index contributed by atoms with van der Waals surface area (Å²) in [6, 6.07) is 12.1. The molecule has 0 saturated heterocycles. The van der Waals surface area contributed by atoms with Gasteiger partial charge in [-0.3, -0.25) is 0 Å². The summed E-state index contributed by atoms with van der Waals surface area (Å²) < 4.78 is 21.7. The molecule has 0 amide bonds. The third-order valence-electron chi connectivity index (χ3n) is 3.45. The minimum atomic E-state index is -0.431. The number of benzene rings is 2. The van der Waals surface area contributed by atoms with Gasteiger partial charge in [-0.15, -0.1) is 0 Å². The number of fused-ring (bicyclic) bond motifs is 1. The third-order valence-corrected chi connectivity index (χ3v) is 3.45. The van der Waals surface area contributed by atoms with E-state index in [1.807, 2.05) is 29.0 Å². The van der Waals surface area contributed by atoms with Crippen molar-refractivity contribution in [1.82, 2.24) is 19.5 Å². The number of hydrogen-bond acceptors (Lipinski definition) is 3. The summed E-state index contributed by atoms with van der Waals surface area (Å²) in [4.78, 5) is 11.6. The standard InChI is InChI=1S/C17H13FN4O/c18-13-8-14-15(9-16(13)23-12-4-2-1-3-5-12)21-17(20-14)10-22-7-6-19-11-22/h1-9,11H,10H2,(H,20,21). The molecule has 1 N–H and O–H groups in total. The van der Waals surface area contributed by atoms with E-state index in [4.69, 9.17) is 4.74 Å². The number of nitrogens with zero attached hydrogens (tertiary/aromatic N) is 3. The van der Waals surface area contributed by atoms with E-state index >= 15 is 0 Å². The number of aromatic nitrogens is 4. The first-order valence-electron chi connectivity index (χ1n) is 7.15. The Balaban J connectivity index is 1.66. The number of hydrogen-bond donors (Lipinski definition) is 1. The van der Waals surface area contributed by atoms with Gasteiger partial charge >= 0.3 is 0 Å². The molecule has 5 nitrogen and oxygen atoms in total. The molecule has 0 spiro atoms. The fourth-order valence-electron chi connectivity index (χ4n) is 2.39. The highest BCUT2D eigenvalue weighted by Gasteiger charge is 2.11. The van der Waals surface area contributed by atoms with E-state index in [2.05, 4.69) is 15.0 Å². The van der Waals surface area contributed by atoms with Crippen LogP contribution in [0.25, 0.3) is 11.0 Å². The van der Waals surface area contributed by atoms with Crippen LogP contribution in [0.4, 0.5) is 4.39 Å². The van der Waals surface area contributed by atoms with E-state index in [-0.39, 0.29) is 5.75 Å². The topological polar surface area (TPSA) is 55.7 Å². The van der Waals surface area contributed by atoms with Crippen LogP contribution >= 0.6 is 0 Å². The maximum atomic E-state index is 14.2. The Kier molecular flexibility index (Phi) is 3.27. The molecule has 0 saturated carbocycles. The Morgan fingerprint density at radius 3 is 2.83 bits per heavy atom. The lowest BCUT2D eigenvalue weighted by molar-refractivity contribution is 0.443. The van der Waals surface area contributed by atoms with E-state index in [9.17, 15) is 4.39 Å². The number of rotatable bonds is 4. The van der Waals surface area contributed by atoms with Crippen LogP contribution in [0, 0.1) is 5.82 Å². The average Bonchev–Trinajstić information content (AvgIpc) is 3.18. The Hall–Kier alpha value is -3.15. The van der Waals surface area contributed by atoms with Gasteiger partial charge in [0.2, 0.25) is 0 Å². The first kappa shape index (κ1) is 13.5. The molecule has 0 fully saturated rings. The minimum absolute atomic E-state index is 0.157. The van der Waals surface area contributed by atoms with Crippen LogP contribution in [0.3, 0.4) is 0 Å². The van der Waals surface area contributed by atoms with E-state index in [1.165, 1.54) is 6.07 Å². The molecule has 0 unspecified atom stereocenters. The van der Waals surface area contributed by atoms with Crippen LogP contribution in [-0.4, -0.2) is 19.5 Å². The number of nitrogens with one attached hydrogen (secondary N) is 1. The van der Waals surface area contributed by atoms with E-state index < -0.39 is 5.82 Å². The SMILES string of the molecule is Fc1cc2[nH]c(Cn3ccnc3)nc2cc1Oc1ccccc1. The highest BCUT2D eigenvalue weighted by molar-refractivity contribution is 5.77. The maximum absolute atomic E-state index is 14.2. The summed E-state index contributed by atoms with van der Waals surface area (Å²) in [5.41, 5.74) is 1.30. The Bertz CT molecular complexity index is 932. The molecule has 0 aliphatic carbocycles. The Morgan fingerprint density at radius 1 is 1.17 bits per heavy atom. The van der Waals surface area contributed by atoms with Gasteiger partial charge in [-0.25, -0.2) is 14.4 Å². The van der Waals surface area contributed by atoms with Crippen molar-refractivity contribution in [3.8, 4) is 11.5 Å². The van der Waals surface area contributed by atoms with Gasteiger partial charge in [-0.1, -0.05) is 18.2 Å². The second-order valence-corrected chi connectivity index (χ2v) is 5.13. The lowest BCUT2D eigenvalue weighted by atomic mass is 10.3. The first-order chi connectivity index (χ1) is 11.3. The van der Waals surface area contributed by atoms with E-state index in [0.717, 1.165) is 5.82 Å². The van der Waals surface area contributed by atoms with Crippen molar-refractivity contribution in [2.24, 2.45) is 0 Å². The molecule has 23 heavy (non-hydrogen) atoms. The van der Waals surface area contributed by atoms with Gasteiger partial charge in [-0.05, 0) is 12.1 Å². The van der Waals surface area contributed by atoms with E-state index in [0.29, 0.717) is 23.3 Å². The molecule has 2 aromatic heterocycles. The lowest BCUT2D eigenvalue weighted by Gasteiger charge is -2.06. The number of halogens is 1. The van der Waals surface area contributed by atoms with Gasteiger partial charge in [0.05, 0.1) is 23.9 Å². The number of imidazole rings is 2. The normalized spacial score (nSPS) is 11.0. The van der Waals surface area contributed by atoms with E-state index in [1.54, 1.807) is 30.7 Å². The fourth-order valence-corrected chi connectivity index (χ4v) is 2.39. The summed E-state index contributed by atoms with van der Waals surface area (Å²) >= 11 is 0. The van der Waals surface area contributed by atoms with Crippen molar-refractivity contribution < 1.29 is 9.13 Å². The molecule has 4 aromatic rings. The highest BCUT2D eigenvalue weighted by atomic mass is 19.1. The first-order valence-corrected chi connectivity index (χ1v) is 7.15. The van der Waals surface area contributed by atoms with Gasteiger partial charge in [0.25, 0.3) is 0 Å². The van der Waals surface area contributed by atoms with Gasteiger partial charge in [0, 0.05) is 24.5 Å². The Labute approximate surface area is 131 Å². The van der Waals surface area contributed by atoms with Crippen molar-refractivity contribution in [3.05, 3.63) is 72.8 Å². The zero-order chi connectivity index (χ0) is 15.6. The molecule has 2 heterocycles. The van der Waals surface area contributed by atoms with Crippen LogP contribution in [0.2, 0.25) is 0 Å². The molecule has 0 bridgehead atoms. The molecular weight excluding hydrogens is 295 g/mol. The van der Waals surface area contributed by atoms with Crippen LogP contribution < -0.4 is 4.74 Å². The summed E-state index contributed by atoms with van der Waals surface area (Å²) in [6.45, 7) is 0.547. The maximum Gasteiger partial charge on any atom is 0.167 e. The molecule has 2 aromatic carbocycles. The Morgan fingerprint density at radius 2 is 2.04 bits per heavy atom. The largest absolute Gasteiger partial charge is 0.454 e. The fraction of sp³-hybridized carbons (Fsp3) is 0.0588. The third kappa shape index (κ3) is 2.78. The second kappa shape index (κ2) is 5.57. The number of H-pyrrole nitrogens is 1. The minimum Gasteiger partial charge on any atom is -0.454 e. The van der Waals surface area contributed by atoms with Gasteiger partial charge in [0.1, 0.15) is 11.6 Å². The number of aromatic amines is 1. The summed E-state index contributed by atoms with van der Waals surface area (Å²) in [5, 5.41) is 0. The van der Waals surface area contributed by atoms with Crippen LogP contribution in [-0.2, 0) is 6.54 Å². The molecular formula is C17H13FN4O. The monoisotopic (exact) mass is 308 g/mol. The summed E-state index contributed by atoms with van der Waals surface area (Å²) in [7, 11) is 0. The van der Waals surface area contributed by atoms with Crippen molar-refractivity contribution in [3.63, 3.8) is 0 Å². The molecule has 114 valence electrons.